The first-order chi connectivity index (χ1) is 17.6. The number of anilines is 1. The van der Waals surface area contributed by atoms with Gasteiger partial charge in [0.25, 0.3) is 5.78 Å². The summed E-state index contributed by atoms with van der Waals surface area (Å²) in [5, 5.41) is 5.00. The van der Waals surface area contributed by atoms with E-state index in [1.807, 2.05) is 19.1 Å². The molecule has 1 fully saturated rings. The molecule has 0 aliphatic carbocycles. The Kier molecular flexibility index (Phi) is 7.38. The van der Waals surface area contributed by atoms with Gasteiger partial charge in [0.15, 0.2) is 0 Å². The van der Waals surface area contributed by atoms with Crippen LogP contribution in [0.3, 0.4) is 0 Å². The molecule has 36 heavy (non-hydrogen) atoms. The predicted octanol–water partition coefficient (Wildman–Crippen LogP) is 2.87. The van der Waals surface area contributed by atoms with Gasteiger partial charge in [-0.25, -0.2) is 15.0 Å². The monoisotopic (exact) mass is 504 g/mol. The molecule has 0 bridgehead atoms. The maximum absolute atomic E-state index is 11.7. The average Bonchev–Trinajstić information content (AvgIpc) is 3.33. The second kappa shape index (κ2) is 11.0. The second-order valence-corrected chi connectivity index (χ2v) is 9.39. The number of nitrogens with zero attached hydrogens (tertiary/aromatic N) is 8. The molecule has 0 radical (unpaired) electrons. The standard InChI is InChI=1S/C25H28N8O2S/c1-3-35-22(34)17-36-25-29-24-27-15-20(18(2)33(24)30-25)21-9-10-26-23(28-21)32-13-11-31(12-14-32)16-19-7-5-4-6-8-19/h4-10,15H,3,11-14,16-17H2,1-2H3. The summed E-state index contributed by atoms with van der Waals surface area (Å²) in [5.41, 5.74) is 3.85. The molecule has 1 aliphatic rings. The quantitative estimate of drug-likeness (QED) is 0.263. The highest BCUT2D eigenvalue weighted by Gasteiger charge is 2.20. The first-order valence-electron chi connectivity index (χ1n) is 12.0. The molecule has 4 aromatic rings. The maximum atomic E-state index is 11.7. The number of carbonyl (C=O) groups is 1. The van der Waals surface area contributed by atoms with Crippen LogP contribution in [0.5, 0.6) is 0 Å². The largest absolute Gasteiger partial charge is 0.465 e. The highest BCUT2D eigenvalue weighted by atomic mass is 32.2. The van der Waals surface area contributed by atoms with Crippen molar-refractivity contribution in [3.05, 3.63) is 60.0 Å². The summed E-state index contributed by atoms with van der Waals surface area (Å²) in [4.78, 5) is 34.6. The minimum atomic E-state index is -0.291. The van der Waals surface area contributed by atoms with Crippen LogP contribution in [0.25, 0.3) is 17.0 Å². The van der Waals surface area contributed by atoms with E-state index < -0.39 is 0 Å². The van der Waals surface area contributed by atoms with Crippen LogP contribution in [-0.4, -0.2) is 79.0 Å². The Balaban J connectivity index is 1.28. The summed E-state index contributed by atoms with van der Waals surface area (Å²) < 4.78 is 6.66. The van der Waals surface area contributed by atoms with E-state index in [-0.39, 0.29) is 11.7 Å². The highest BCUT2D eigenvalue weighted by molar-refractivity contribution is 7.99. The number of rotatable bonds is 8. The van der Waals surface area contributed by atoms with Gasteiger partial charge in [-0.15, -0.1) is 5.10 Å². The summed E-state index contributed by atoms with van der Waals surface area (Å²) in [7, 11) is 0. The second-order valence-electron chi connectivity index (χ2n) is 8.45. The number of hydrogen-bond acceptors (Lipinski definition) is 10. The minimum absolute atomic E-state index is 0.157. The number of piperazine rings is 1. The lowest BCUT2D eigenvalue weighted by atomic mass is 10.2. The predicted molar refractivity (Wildman–Crippen MR) is 138 cm³/mol. The van der Waals surface area contributed by atoms with Crippen molar-refractivity contribution in [3.63, 3.8) is 0 Å². The van der Waals surface area contributed by atoms with Gasteiger partial charge in [0.05, 0.1) is 23.7 Å². The van der Waals surface area contributed by atoms with Crippen LogP contribution in [0.1, 0.15) is 18.2 Å². The summed E-state index contributed by atoms with van der Waals surface area (Å²) in [6.07, 6.45) is 3.56. The highest BCUT2D eigenvalue weighted by Crippen LogP contribution is 2.24. The molecule has 0 amide bonds. The molecule has 5 rings (SSSR count). The van der Waals surface area contributed by atoms with E-state index in [9.17, 15) is 4.79 Å². The number of hydrogen-bond donors (Lipinski definition) is 0. The number of thioether (sulfide) groups is 1. The minimum Gasteiger partial charge on any atom is -0.465 e. The van der Waals surface area contributed by atoms with Gasteiger partial charge in [0.2, 0.25) is 11.1 Å². The lowest BCUT2D eigenvalue weighted by Gasteiger charge is -2.34. The van der Waals surface area contributed by atoms with Crippen molar-refractivity contribution in [1.82, 2.24) is 34.4 Å². The van der Waals surface area contributed by atoms with E-state index in [1.54, 1.807) is 23.8 Å². The zero-order valence-electron chi connectivity index (χ0n) is 20.4. The molecule has 4 heterocycles. The van der Waals surface area contributed by atoms with Crippen LogP contribution >= 0.6 is 11.8 Å². The van der Waals surface area contributed by atoms with Crippen molar-refractivity contribution >= 4 is 29.5 Å². The van der Waals surface area contributed by atoms with Crippen molar-refractivity contribution in [2.45, 2.75) is 25.5 Å². The smallest absolute Gasteiger partial charge is 0.316 e. The van der Waals surface area contributed by atoms with Gasteiger partial charge in [-0.3, -0.25) is 9.69 Å². The fraction of sp³-hybridized carbons (Fsp3) is 0.360. The van der Waals surface area contributed by atoms with Crippen LogP contribution in [0.2, 0.25) is 0 Å². The normalized spacial score (nSPS) is 14.3. The fourth-order valence-corrected chi connectivity index (χ4v) is 4.78. The van der Waals surface area contributed by atoms with Gasteiger partial charge in [-0.1, -0.05) is 42.1 Å². The number of carbonyl (C=O) groups excluding carboxylic acids is 1. The number of benzene rings is 1. The van der Waals surface area contributed by atoms with Crippen molar-refractivity contribution < 1.29 is 9.53 Å². The topological polar surface area (TPSA) is 102 Å². The number of esters is 1. The molecular formula is C25H28N8O2S. The molecule has 1 aliphatic heterocycles. The molecule has 0 spiro atoms. The molecule has 0 atom stereocenters. The number of aromatic nitrogens is 6. The van der Waals surface area contributed by atoms with Crippen LogP contribution < -0.4 is 4.90 Å². The summed E-state index contributed by atoms with van der Waals surface area (Å²) in [6.45, 7) is 8.71. The molecule has 1 aromatic carbocycles. The molecule has 11 heteroatoms. The van der Waals surface area contributed by atoms with Gasteiger partial charge in [-0.2, -0.15) is 9.50 Å². The molecular weight excluding hydrogens is 476 g/mol. The van der Waals surface area contributed by atoms with E-state index in [0.29, 0.717) is 17.5 Å². The van der Waals surface area contributed by atoms with Crippen molar-refractivity contribution in [2.24, 2.45) is 0 Å². The van der Waals surface area contributed by atoms with Crippen LogP contribution in [0, 0.1) is 6.92 Å². The van der Waals surface area contributed by atoms with Crippen molar-refractivity contribution in [1.29, 1.82) is 0 Å². The molecule has 3 aromatic heterocycles. The number of ether oxygens (including phenoxy) is 1. The van der Waals surface area contributed by atoms with Gasteiger partial charge in [0.1, 0.15) is 0 Å². The van der Waals surface area contributed by atoms with E-state index in [4.69, 9.17) is 9.72 Å². The molecule has 0 unspecified atom stereocenters. The Hall–Kier alpha value is -3.57. The average molecular weight is 505 g/mol. The number of aryl methyl sites for hydroxylation is 1. The van der Waals surface area contributed by atoms with Gasteiger partial charge < -0.3 is 9.64 Å². The molecule has 0 saturated carbocycles. The Morgan fingerprint density at radius 1 is 1.06 bits per heavy atom. The van der Waals surface area contributed by atoms with Gasteiger partial charge in [-0.05, 0) is 25.5 Å². The first-order valence-corrected chi connectivity index (χ1v) is 12.9. The fourth-order valence-electron chi connectivity index (χ4n) is 4.16. The van der Waals surface area contributed by atoms with Gasteiger partial charge in [0, 0.05) is 50.7 Å². The summed E-state index contributed by atoms with van der Waals surface area (Å²) in [6, 6.07) is 12.4. The van der Waals surface area contributed by atoms with Gasteiger partial charge >= 0.3 is 5.97 Å². The van der Waals surface area contributed by atoms with Crippen LogP contribution in [-0.2, 0) is 16.1 Å². The van der Waals surface area contributed by atoms with E-state index in [2.05, 4.69) is 54.1 Å². The van der Waals surface area contributed by atoms with Crippen LogP contribution in [0.4, 0.5) is 5.95 Å². The zero-order chi connectivity index (χ0) is 24.9. The molecule has 1 saturated heterocycles. The third-order valence-corrected chi connectivity index (χ3v) is 6.85. The first kappa shape index (κ1) is 24.1. The summed E-state index contributed by atoms with van der Waals surface area (Å²) in [5.74, 6) is 1.06. The zero-order valence-corrected chi connectivity index (χ0v) is 21.2. The van der Waals surface area contributed by atoms with E-state index in [1.165, 1.54) is 17.3 Å². The number of fused-ring (bicyclic) bond motifs is 1. The third-order valence-electron chi connectivity index (χ3n) is 6.03. The van der Waals surface area contributed by atoms with Crippen LogP contribution in [0.15, 0.2) is 53.9 Å². The molecule has 10 nitrogen and oxygen atoms in total. The Morgan fingerprint density at radius 2 is 1.86 bits per heavy atom. The Labute approximate surface area is 213 Å². The maximum Gasteiger partial charge on any atom is 0.316 e. The summed E-state index contributed by atoms with van der Waals surface area (Å²) >= 11 is 1.23. The Morgan fingerprint density at radius 3 is 2.64 bits per heavy atom. The lowest BCUT2D eigenvalue weighted by molar-refractivity contribution is -0.139. The van der Waals surface area contributed by atoms with Crippen molar-refractivity contribution in [3.8, 4) is 11.3 Å². The van der Waals surface area contributed by atoms with E-state index in [0.717, 1.165) is 55.6 Å². The SMILES string of the molecule is CCOC(=O)CSc1nc2ncc(-c3ccnc(N4CCN(Cc5ccccc5)CC4)n3)c(C)n2n1. The van der Waals surface area contributed by atoms with Crippen molar-refractivity contribution in [2.75, 3.05) is 43.4 Å². The Bertz CT molecular complexity index is 1340. The molecule has 0 N–H and O–H groups in total. The van der Waals surface area contributed by atoms with E-state index >= 15 is 0 Å². The molecule has 186 valence electrons. The lowest BCUT2D eigenvalue weighted by Crippen LogP contribution is -2.46. The third kappa shape index (κ3) is 5.47.